The lowest BCUT2D eigenvalue weighted by Crippen LogP contribution is -2.52. The summed E-state index contributed by atoms with van der Waals surface area (Å²) in [5.74, 6) is -3.82. The Kier molecular flexibility index (Phi) is 6.90. The second-order valence-corrected chi connectivity index (χ2v) is 11.6. The molecule has 2 aliphatic heterocycles. The SMILES string of the molecule is CC1=NCC(C)=C1c1ccc(NC(=O)[C@@H](NC(=O)c2conc2C(C)C)C2c3cc(F)c(F)cc3OCC23CC3)cn1. The Morgan fingerprint density at radius 1 is 1.12 bits per heavy atom. The molecule has 2 aromatic heterocycles. The van der Waals surface area contributed by atoms with Gasteiger partial charge in [-0.1, -0.05) is 19.0 Å². The molecular weight excluding hydrogens is 544 g/mol. The highest BCUT2D eigenvalue weighted by Gasteiger charge is 2.58. The van der Waals surface area contributed by atoms with Gasteiger partial charge in [-0.3, -0.25) is 19.6 Å². The van der Waals surface area contributed by atoms with Crippen LogP contribution in [0, 0.1) is 17.0 Å². The number of fused-ring (bicyclic) bond motifs is 1. The van der Waals surface area contributed by atoms with E-state index < -0.39 is 40.8 Å². The number of rotatable bonds is 7. The predicted molar refractivity (Wildman–Crippen MR) is 152 cm³/mol. The van der Waals surface area contributed by atoms with E-state index >= 15 is 0 Å². The first-order chi connectivity index (χ1) is 20.1. The summed E-state index contributed by atoms with van der Waals surface area (Å²) in [6, 6.07) is 4.45. The number of nitrogens with zero attached hydrogens (tertiary/aromatic N) is 3. The minimum Gasteiger partial charge on any atom is -0.493 e. The Labute approximate surface area is 241 Å². The van der Waals surface area contributed by atoms with Crippen LogP contribution in [0.5, 0.6) is 5.75 Å². The quantitative estimate of drug-likeness (QED) is 0.389. The van der Waals surface area contributed by atoms with Crippen molar-refractivity contribution < 1.29 is 27.6 Å². The molecule has 1 unspecified atom stereocenters. The van der Waals surface area contributed by atoms with Crippen LogP contribution in [0.1, 0.15) is 79.7 Å². The van der Waals surface area contributed by atoms with Crippen molar-refractivity contribution >= 4 is 28.8 Å². The minimum atomic E-state index is -1.16. The van der Waals surface area contributed by atoms with Gasteiger partial charge < -0.3 is 19.9 Å². The fourth-order valence-corrected chi connectivity index (χ4v) is 6.00. The highest BCUT2D eigenvalue weighted by atomic mass is 19.2. The van der Waals surface area contributed by atoms with Gasteiger partial charge in [0, 0.05) is 34.2 Å². The van der Waals surface area contributed by atoms with Gasteiger partial charge in [0.05, 0.1) is 36.4 Å². The third-order valence-corrected chi connectivity index (χ3v) is 8.38. The fraction of sp³-hybridized carbons (Fsp3) is 0.387. The van der Waals surface area contributed by atoms with Crippen molar-refractivity contribution in [1.29, 1.82) is 0 Å². The molecule has 11 heteroatoms. The third-order valence-electron chi connectivity index (χ3n) is 8.38. The van der Waals surface area contributed by atoms with E-state index in [1.165, 1.54) is 6.26 Å². The maximum absolute atomic E-state index is 14.6. The van der Waals surface area contributed by atoms with Crippen molar-refractivity contribution in [3.05, 3.63) is 76.4 Å². The summed E-state index contributed by atoms with van der Waals surface area (Å²) in [6.07, 6.45) is 4.19. The van der Waals surface area contributed by atoms with Crippen molar-refractivity contribution in [3.8, 4) is 5.75 Å². The maximum atomic E-state index is 14.6. The predicted octanol–water partition coefficient (Wildman–Crippen LogP) is 5.41. The number of amides is 2. The summed E-state index contributed by atoms with van der Waals surface area (Å²) in [5, 5.41) is 9.71. The average Bonchev–Trinajstić information content (AvgIpc) is 3.38. The molecule has 4 heterocycles. The van der Waals surface area contributed by atoms with Crippen LogP contribution in [0.4, 0.5) is 14.5 Å². The normalized spacial score (nSPS) is 19.3. The number of allylic oxidation sites excluding steroid dienone is 1. The molecule has 0 saturated heterocycles. The number of halogens is 2. The molecule has 6 rings (SSSR count). The summed E-state index contributed by atoms with van der Waals surface area (Å²) < 4.78 is 39.6. The molecule has 3 aliphatic rings. The van der Waals surface area contributed by atoms with E-state index in [1.807, 2.05) is 33.8 Å². The van der Waals surface area contributed by atoms with Gasteiger partial charge in [0.25, 0.3) is 5.91 Å². The zero-order valence-corrected chi connectivity index (χ0v) is 23.8. The monoisotopic (exact) mass is 575 g/mol. The smallest absolute Gasteiger partial charge is 0.257 e. The Balaban J connectivity index is 1.35. The summed E-state index contributed by atoms with van der Waals surface area (Å²) in [4.78, 5) is 36.6. The first-order valence-electron chi connectivity index (χ1n) is 13.9. The summed E-state index contributed by atoms with van der Waals surface area (Å²) >= 11 is 0. The highest BCUT2D eigenvalue weighted by molar-refractivity contribution is 6.24. The molecule has 218 valence electrons. The lowest BCUT2D eigenvalue weighted by Gasteiger charge is -2.38. The second-order valence-electron chi connectivity index (χ2n) is 11.6. The molecular formula is C31H31F2N5O4. The molecule has 1 aliphatic carbocycles. The molecule has 2 atom stereocenters. The maximum Gasteiger partial charge on any atom is 0.257 e. The Morgan fingerprint density at radius 2 is 1.88 bits per heavy atom. The van der Waals surface area contributed by atoms with Crippen molar-refractivity contribution in [2.45, 2.75) is 58.4 Å². The lowest BCUT2D eigenvalue weighted by atomic mass is 9.75. The summed E-state index contributed by atoms with van der Waals surface area (Å²) in [6.45, 7) is 8.53. The topological polar surface area (TPSA) is 119 Å². The molecule has 42 heavy (non-hydrogen) atoms. The number of ether oxygens (including phenoxy) is 1. The van der Waals surface area contributed by atoms with E-state index in [4.69, 9.17) is 9.26 Å². The standard InChI is InChI=1S/C31H31F2N5O4/c1-15(2)27-20(13-42-38-27)29(39)37-28(26-19-9-21(32)22(33)10-24(19)41-14-31(26)7-8-31)30(40)36-18-5-6-23(35-12-18)25-16(3)11-34-17(25)4/h5-6,9-10,12-13,15,26,28H,7-8,11,14H2,1-4H3,(H,36,40)(H,37,39)/t26?,28-/m0/s1. The average molecular weight is 576 g/mol. The van der Waals surface area contributed by atoms with E-state index in [0.29, 0.717) is 36.3 Å². The van der Waals surface area contributed by atoms with Gasteiger partial charge in [-0.05, 0) is 56.4 Å². The Morgan fingerprint density at radius 3 is 2.52 bits per heavy atom. The number of pyridine rings is 1. The number of aliphatic imine (C=N–C) groups is 1. The first kappa shape index (κ1) is 27.7. The molecule has 9 nitrogen and oxygen atoms in total. The molecule has 1 fully saturated rings. The number of benzene rings is 1. The molecule has 3 aromatic rings. The zero-order valence-electron chi connectivity index (χ0n) is 23.8. The van der Waals surface area contributed by atoms with E-state index in [9.17, 15) is 18.4 Å². The number of carbonyl (C=O) groups is 2. The fourth-order valence-electron chi connectivity index (χ4n) is 6.00. The zero-order chi connectivity index (χ0) is 29.8. The molecule has 0 radical (unpaired) electrons. The number of aromatic nitrogens is 2. The first-order valence-corrected chi connectivity index (χ1v) is 13.9. The van der Waals surface area contributed by atoms with Crippen molar-refractivity contribution in [2.24, 2.45) is 10.4 Å². The Bertz CT molecular complexity index is 1640. The van der Waals surface area contributed by atoms with Crippen LogP contribution < -0.4 is 15.4 Å². The largest absolute Gasteiger partial charge is 0.493 e. The van der Waals surface area contributed by atoms with Crippen molar-refractivity contribution in [1.82, 2.24) is 15.5 Å². The number of carbonyl (C=O) groups excluding carboxylic acids is 2. The minimum absolute atomic E-state index is 0.107. The van der Waals surface area contributed by atoms with E-state index in [1.54, 1.807) is 12.3 Å². The van der Waals surface area contributed by atoms with Crippen LogP contribution >= 0.6 is 0 Å². The molecule has 1 aromatic carbocycles. The van der Waals surface area contributed by atoms with Crippen LogP contribution in [0.15, 0.2) is 51.8 Å². The van der Waals surface area contributed by atoms with Gasteiger partial charge in [0.2, 0.25) is 5.91 Å². The van der Waals surface area contributed by atoms with Gasteiger partial charge in [0.1, 0.15) is 23.6 Å². The second kappa shape index (κ2) is 10.5. The molecule has 1 spiro atoms. The molecule has 1 saturated carbocycles. The van der Waals surface area contributed by atoms with Gasteiger partial charge >= 0.3 is 0 Å². The molecule has 0 bridgehead atoms. The molecule has 2 N–H and O–H groups in total. The number of nitrogens with one attached hydrogen (secondary N) is 2. The van der Waals surface area contributed by atoms with Crippen LogP contribution in [0.25, 0.3) is 5.57 Å². The van der Waals surface area contributed by atoms with Crippen molar-refractivity contribution in [2.75, 3.05) is 18.5 Å². The van der Waals surface area contributed by atoms with Gasteiger partial charge in [-0.15, -0.1) is 0 Å². The summed E-state index contributed by atoms with van der Waals surface area (Å²) in [7, 11) is 0. The Hall–Kier alpha value is -4.41. The third kappa shape index (κ3) is 4.86. The van der Waals surface area contributed by atoms with Gasteiger partial charge in [0.15, 0.2) is 11.6 Å². The number of anilines is 1. The van der Waals surface area contributed by atoms with E-state index in [-0.39, 0.29) is 23.8 Å². The molecule has 2 amide bonds. The summed E-state index contributed by atoms with van der Waals surface area (Å²) in [5.41, 5.74) is 4.64. The van der Waals surface area contributed by atoms with E-state index in [0.717, 1.165) is 34.7 Å². The van der Waals surface area contributed by atoms with Crippen LogP contribution in [-0.2, 0) is 4.79 Å². The highest BCUT2D eigenvalue weighted by Crippen LogP contribution is 2.61. The lowest BCUT2D eigenvalue weighted by molar-refractivity contribution is -0.119. The van der Waals surface area contributed by atoms with Crippen LogP contribution in [0.3, 0.4) is 0 Å². The number of hydrogen-bond acceptors (Lipinski definition) is 7. The number of hydrogen-bond donors (Lipinski definition) is 2. The van der Waals surface area contributed by atoms with Crippen LogP contribution in [0.2, 0.25) is 0 Å². The van der Waals surface area contributed by atoms with E-state index in [2.05, 4.69) is 25.8 Å². The van der Waals surface area contributed by atoms with Gasteiger partial charge in [-0.25, -0.2) is 8.78 Å². The van der Waals surface area contributed by atoms with Gasteiger partial charge in [-0.2, -0.15) is 0 Å². The van der Waals surface area contributed by atoms with Crippen molar-refractivity contribution in [3.63, 3.8) is 0 Å². The van der Waals surface area contributed by atoms with Crippen LogP contribution in [-0.4, -0.2) is 46.9 Å².